The number of halogens is 3. The van der Waals surface area contributed by atoms with Crippen LogP contribution in [0.3, 0.4) is 0 Å². The SMILES string of the molecule is ClCCCN(CCCCl)CCCCl. The van der Waals surface area contributed by atoms with Gasteiger partial charge in [0.05, 0.1) is 0 Å². The van der Waals surface area contributed by atoms with Gasteiger partial charge in [-0.1, -0.05) is 0 Å². The van der Waals surface area contributed by atoms with Gasteiger partial charge in [-0.25, -0.2) is 0 Å². The van der Waals surface area contributed by atoms with Crippen LogP contribution in [0, 0.1) is 0 Å². The lowest BCUT2D eigenvalue weighted by Gasteiger charge is -2.20. The summed E-state index contributed by atoms with van der Waals surface area (Å²) in [5.74, 6) is 2.20. The normalized spacial score (nSPS) is 11.1. The molecule has 0 aliphatic rings. The predicted octanol–water partition coefficient (Wildman–Crippen LogP) is 3.18. The van der Waals surface area contributed by atoms with Crippen molar-refractivity contribution in [2.24, 2.45) is 0 Å². The van der Waals surface area contributed by atoms with Crippen LogP contribution in [0.15, 0.2) is 0 Å². The summed E-state index contributed by atoms with van der Waals surface area (Å²) < 4.78 is 0. The zero-order valence-corrected chi connectivity index (χ0v) is 10.2. The average molecular weight is 247 g/mol. The fraction of sp³-hybridized carbons (Fsp3) is 1.00. The first-order valence-corrected chi connectivity index (χ1v) is 6.35. The highest BCUT2D eigenvalue weighted by Crippen LogP contribution is 1.99. The summed E-state index contributed by atoms with van der Waals surface area (Å²) in [4.78, 5) is 2.38. The second-order valence-electron chi connectivity index (χ2n) is 2.97. The van der Waals surface area contributed by atoms with Crippen LogP contribution in [0.5, 0.6) is 0 Å². The molecule has 0 radical (unpaired) electrons. The Morgan fingerprint density at radius 2 is 0.923 bits per heavy atom. The molecule has 0 spiro atoms. The maximum atomic E-state index is 5.63. The molecule has 0 N–H and O–H groups in total. The van der Waals surface area contributed by atoms with E-state index in [2.05, 4.69) is 4.90 Å². The van der Waals surface area contributed by atoms with Crippen LogP contribution in [-0.2, 0) is 0 Å². The van der Waals surface area contributed by atoms with Gasteiger partial charge in [-0.15, -0.1) is 34.8 Å². The lowest BCUT2D eigenvalue weighted by molar-refractivity contribution is 0.277. The predicted molar refractivity (Wildman–Crippen MR) is 62.5 cm³/mol. The van der Waals surface area contributed by atoms with E-state index in [1.54, 1.807) is 0 Å². The van der Waals surface area contributed by atoms with Crippen LogP contribution < -0.4 is 0 Å². The Kier molecular flexibility index (Phi) is 11.6. The monoisotopic (exact) mass is 245 g/mol. The Bertz CT molecular complexity index is 81.8. The lowest BCUT2D eigenvalue weighted by Crippen LogP contribution is -2.28. The zero-order valence-electron chi connectivity index (χ0n) is 7.95. The van der Waals surface area contributed by atoms with Gasteiger partial charge in [0.2, 0.25) is 0 Å². The van der Waals surface area contributed by atoms with Crippen molar-refractivity contribution in [3.05, 3.63) is 0 Å². The highest BCUT2D eigenvalue weighted by molar-refractivity contribution is 6.18. The van der Waals surface area contributed by atoms with Gasteiger partial charge >= 0.3 is 0 Å². The van der Waals surface area contributed by atoms with Crippen LogP contribution in [0.4, 0.5) is 0 Å². The van der Waals surface area contributed by atoms with Gasteiger partial charge in [-0.3, -0.25) is 0 Å². The third kappa shape index (κ3) is 9.14. The Hall–Kier alpha value is 0.830. The van der Waals surface area contributed by atoms with Gasteiger partial charge in [-0.2, -0.15) is 0 Å². The molecule has 0 unspecified atom stereocenters. The molecular formula is C9H18Cl3N. The zero-order chi connectivity index (χ0) is 9.94. The minimum Gasteiger partial charge on any atom is -0.303 e. The van der Waals surface area contributed by atoms with Crippen LogP contribution >= 0.6 is 34.8 Å². The van der Waals surface area contributed by atoms with Crippen LogP contribution in [-0.4, -0.2) is 42.2 Å². The highest BCUT2D eigenvalue weighted by Gasteiger charge is 2.02. The summed E-state index contributed by atoms with van der Waals surface area (Å²) in [6.45, 7) is 3.20. The molecule has 0 aliphatic heterocycles. The molecule has 13 heavy (non-hydrogen) atoms. The van der Waals surface area contributed by atoms with Gasteiger partial charge in [-0.05, 0) is 38.9 Å². The van der Waals surface area contributed by atoms with E-state index in [0.29, 0.717) is 0 Å². The van der Waals surface area contributed by atoms with Crippen molar-refractivity contribution >= 4 is 34.8 Å². The van der Waals surface area contributed by atoms with Crippen molar-refractivity contribution in [2.45, 2.75) is 19.3 Å². The summed E-state index contributed by atoms with van der Waals surface area (Å²) in [6.07, 6.45) is 3.14. The second kappa shape index (κ2) is 10.9. The quantitative estimate of drug-likeness (QED) is 0.565. The maximum absolute atomic E-state index is 5.63. The van der Waals surface area contributed by atoms with Gasteiger partial charge in [0, 0.05) is 17.6 Å². The molecule has 0 aliphatic carbocycles. The molecule has 0 saturated heterocycles. The van der Waals surface area contributed by atoms with Crippen LogP contribution in [0.2, 0.25) is 0 Å². The standard InChI is InChI=1S/C9H18Cl3N/c10-4-1-7-13(8-2-5-11)9-3-6-12/h1-9H2. The number of alkyl halides is 3. The summed E-state index contributed by atoms with van der Waals surface area (Å²) in [5.41, 5.74) is 0. The minimum absolute atomic E-state index is 0.734. The van der Waals surface area contributed by atoms with Crippen molar-refractivity contribution in [3.8, 4) is 0 Å². The third-order valence-corrected chi connectivity index (χ3v) is 2.63. The Morgan fingerprint density at radius 1 is 0.615 bits per heavy atom. The molecule has 4 heteroatoms. The van der Waals surface area contributed by atoms with E-state index in [4.69, 9.17) is 34.8 Å². The van der Waals surface area contributed by atoms with Gasteiger partial charge in [0.1, 0.15) is 0 Å². The molecule has 0 saturated carbocycles. The van der Waals surface area contributed by atoms with Crippen molar-refractivity contribution in [2.75, 3.05) is 37.3 Å². The number of rotatable bonds is 9. The number of nitrogens with zero attached hydrogens (tertiary/aromatic N) is 1. The number of hydrogen-bond donors (Lipinski definition) is 0. The van der Waals surface area contributed by atoms with E-state index in [0.717, 1.165) is 56.5 Å². The first-order chi connectivity index (χ1) is 6.35. The molecule has 0 aromatic rings. The second-order valence-corrected chi connectivity index (χ2v) is 4.10. The lowest BCUT2D eigenvalue weighted by atomic mass is 10.3. The van der Waals surface area contributed by atoms with Crippen molar-refractivity contribution in [1.82, 2.24) is 4.90 Å². The molecule has 0 atom stereocenters. The molecule has 80 valence electrons. The molecule has 0 fully saturated rings. The average Bonchev–Trinajstić information content (AvgIpc) is 2.17. The Morgan fingerprint density at radius 3 is 1.15 bits per heavy atom. The third-order valence-electron chi connectivity index (χ3n) is 1.82. The van der Waals surface area contributed by atoms with E-state index in [-0.39, 0.29) is 0 Å². The maximum Gasteiger partial charge on any atom is 0.0235 e. The van der Waals surface area contributed by atoms with Gasteiger partial charge < -0.3 is 4.90 Å². The highest BCUT2D eigenvalue weighted by atomic mass is 35.5. The molecule has 1 nitrogen and oxygen atoms in total. The molecule has 0 rings (SSSR count). The summed E-state index contributed by atoms with van der Waals surface area (Å²) in [6, 6.07) is 0. The van der Waals surface area contributed by atoms with Crippen molar-refractivity contribution in [1.29, 1.82) is 0 Å². The van der Waals surface area contributed by atoms with Gasteiger partial charge in [0.15, 0.2) is 0 Å². The largest absolute Gasteiger partial charge is 0.303 e. The smallest absolute Gasteiger partial charge is 0.0235 e. The topological polar surface area (TPSA) is 3.24 Å². The van der Waals surface area contributed by atoms with E-state index >= 15 is 0 Å². The molecular weight excluding hydrogens is 228 g/mol. The molecule has 0 aromatic heterocycles. The summed E-state index contributed by atoms with van der Waals surface area (Å²) in [5, 5.41) is 0. The van der Waals surface area contributed by atoms with Crippen LogP contribution in [0.25, 0.3) is 0 Å². The van der Waals surface area contributed by atoms with E-state index in [1.807, 2.05) is 0 Å². The van der Waals surface area contributed by atoms with E-state index in [1.165, 1.54) is 0 Å². The molecule has 0 bridgehead atoms. The first-order valence-electron chi connectivity index (χ1n) is 4.75. The van der Waals surface area contributed by atoms with E-state index < -0.39 is 0 Å². The number of hydrogen-bond acceptors (Lipinski definition) is 1. The summed E-state index contributed by atoms with van der Waals surface area (Å²) in [7, 11) is 0. The van der Waals surface area contributed by atoms with Crippen molar-refractivity contribution < 1.29 is 0 Å². The van der Waals surface area contributed by atoms with Crippen molar-refractivity contribution in [3.63, 3.8) is 0 Å². The molecule has 0 aromatic carbocycles. The first kappa shape index (κ1) is 13.8. The summed E-state index contributed by atoms with van der Waals surface area (Å²) >= 11 is 16.9. The Balaban J connectivity index is 3.47. The fourth-order valence-electron chi connectivity index (χ4n) is 1.19. The molecule has 0 amide bonds. The van der Waals surface area contributed by atoms with Gasteiger partial charge in [0.25, 0.3) is 0 Å². The van der Waals surface area contributed by atoms with E-state index in [9.17, 15) is 0 Å². The molecule has 0 heterocycles. The minimum atomic E-state index is 0.734. The van der Waals surface area contributed by atoms with Crippen LogP contribution in [0.1, 0.15) is 19.3 Å². The Labute approximate surface area is 96.3 Å². The fourth-order valence-corrected chi connectivity index (χ4v) is 1.54.